The van der Waals surface area contributed by atoms with Gasteiger partial charge in [0.15, 0.2) is 0 Å². The van der Waals surface area contributed by atoms with E-state index in [0.29, 0.717) is 34.5 Å². The maximum atomic E-state index is 14.1. The molecule has 0 fully saturated rings. The van der Waals surface area contributed by atoms with Crippen LogP contribution in [0.15, 0.2) is 76.5 Å². The first kappa shape index (κ1) is 34.6. The van der Waals surface area contributed by atoms with E-state index in [-0.39, 0.29) is 23.0 Å². The van der Waals surface area contributed by atoms with Crippen LogP contribution in [0, 0.1) is 0 Å². The van der Waals surface area contributed by atoms with Gasteiger partial charge in [-0.05, 0) is 92.8 Å². The average Bonchev–Trinajstić information content (AvgIpc) is 2.99. The Morgan fingerprint density at radius 3 is 2.26 bits per heavy atom. The van der Waals surface area contributed by atoms with Crippen LogP contribution in [0.2, 0.25) is 10.0 Å². The topological polar surface area (TPSA) is 96.0 Å². The van der Waals surface area contributed by atoms with Crippen LogP contribution >= 0.6 is 35.0 Å². The van der Waals surface area contributed by atoms with Crippen molar-refractivity contribution < 1.29 is 22.7 Å². The number of carbonyl (C=O) groups is 2. The molecule has 0 radical (unpaired) electrons. The molecule has 3 aromatic rings. The number of halogens is 2. The lowest BCUT2D eigenvalue weighted by atomic mass is 10.1. The highest BCUT2D eigenvalue weighted by molar-refractivity contribution is 7.98. The van der Waals surface area contributed by atoms with Crippen LogP contribution < -0.4 is 14.4 Å². The molecule has 3 rings (SSSR count). The third-order valence-corrected chi connectivity index (χ3v) is 9.83. The van der Waals surface area contributed by atoms with Crippen LogP contribution in [-0.2, 0) is 26.2 Å². The van der Waals surface area contributed by atoms with Crippen molar-refractivity contribution in [1.29, 1.82) is 0 Å². The Morgan fingerprint density at radius 1 is 1.00 bits per heavy atom. The number of anilines is 1. The van der Waals surface area contributed by atoms with Gasteiger partial charge in [-0.2, -0.15) is 0 Å². The Hall–Kier alpha value is -2.92. The molecule has 1 unspecified atom stereocenters. The second-order valence-electron chi connectivity index (χ2n) is 9.69. The highest BCUT2D eigenvalue weighted by Crippen LogP contribution is 2.29. The standard InChI is InChI=1S/C31H37Cl2N3O5S2/c1-5-7-18-34-31(38)22(3)35(20-23-8-9-24(32)19-29(23)33)30(37)21-36(25-10-12-26(13-11-25)41-6-2)43(39,40)28-16-14-27(42-4)15-17-28/h8-17,19,22H,5-7,18,20-21H2,1-4H3,(H,34,38). The lowest BCUT2D eigenvalue weighted by Gasteiger charge is -2.32. The number of hydrogen-bond donors (Lipinski definition) is 1. The zero-order valence-electron chi connectivity index (χ0n) is 24.7. The van der Waals surface area contributed by atoms with Gasteiger partial charge in [0.1, 0.15) is 18.3 Å². The number of rotatable bonds is 15. The molecule has 0 saturated heterocycles. The van der Waals surface area contributed by atoms with Crippen molar-refractivity contribution in [3.63, 3.8) is 0 Å². The minimum atomic E-state index is -4.19. The van der Waals surface area contributed by atoms with E-state index in [1.54, 1.807) is 61.5 Å². The van der Waals surface area contributed by atoms with Gasteiger partial charge in [-0.25, -0.2) is 8.42 Å². The van der Waals surface area contributed by atoms with Gasteiger partial charge in [0.05, 0.1) is 17.2 Å². The van der Waals surface area contributed by atoms with E-state index in [1.165, 1.54) is 28.8 Å². The maximum absolute atomic E-state index is 14.1. The minimum Gasteiger partial charge on any atom is -0.494 e. The van der Waals surface area contributed by atoms with E-state index in [1.807, 2.05) is 20.1 Å². The van der Waals surface area contributed by atoms with Crippen molar-refractivity contribution in [3.8, 4) is 5.75 Å². The molecule has 1 atom stereocenters. The van der Waals surface area contributed by atoms with E-state index in [0.717, 1.165) is 22.0 Å². The van der Waals surface area contributed by atoms with Gasteiger partial charge in [0.25, 0.3) is 10.0 Å². The molecule has 43 heavy (non-hydrogen) atoms. The number of ether oxygens (including phenoxy) is 1. The SMILES string of the molecule is CCCCNC(=O)C(C)N(Cc1ccc(Cl)cc1Cl)C(=O)CN(c1ccc(OCC)cc1)S(=O)(=O)c1ccc(SC)cc1. The van der Waals surface area contributed by atoms with Crippen LogP contribution in [-0.4, -0.2) is 57.1 Å². The Morgan fingerprint density at radius 2 is 1.67 bits per heavy atom. The Labute approximate surface area is 268 Å². The van der Waals surface area contributed by atoms with E-state index >= 15 is 0 Å². The van der Waals surface area contributed by atoms with Crippen molar-refractivity contribution >= 4 is 62.5 Å². The molecule has 8 nitrogen and oxygen atoms in total. The molecule has 0 aromatic heterocycles. The number of nitrogens with one attached hydrogen (secondary N) is 1. The smallest absolute Gasteiger partial charge is 0.264 e. The predicted octanol–water partition coefficient (Wildman–Crippen LogP) is 6.64. The van der Waals surface area contributed by atoms with Gasteiger partial charge in [-0.3, -0.25) is 13.9 Å². The largest absolute Gasteiger partial charge is 0.494 e. The van der Waals surface area contributed by atoms with E-state index in [4.69, 9.17) is 27.9 Å². The molecule has 0 aliphatic heterocycles. The van der Waals surface area contributed by atoms with Gasteiger partial charge in [0.2, 0.25) is 11.8 Å². The minimum absolute atomic E-state index is 0.0310. The fraction of sp³-hybridized carbons (Fsp3) is 0.355. The summed E-state index contributed by atoms with van der Waals surface area (Å²) in [5, 5.41) is 3.62. The first-order valence-electron chi connectivity index (χ1n) is 13.9. The van der Waals surface area contributed by atoms with Crippen LogP contribution in [0.1, 0.15) is 39.2 Å². The maximum Gasteiger partial charge on any atom is 0.264 e. The van der Waals surface area contributed by atoms with Gasteiger partial charge in [0, 0.05) is 28.0 Å². The quantitative estimate of drug-likeness (QED) is 0.144. The fourth-order valence-electron chi connectivity index (χ4n) is 4.23. The third-order valence-electron chi connectivity index (χ3n) is 6.71. The van der Waals surface area contributed by atoms with Crippen LogP contribution in [0.4, 0.5) is 5.69 Å². The summed E-state index contributed by atoms with van der Waals surface area (Å²) in [6.07, 6.45) is 3.58. The monoisotopic (exact) mass is 665 g/mol. The summed E-state index contributed by atoms with van der Waals surface area (Å²) in [4.78, 5) is 29.5. The third kappa shape index (κ3) is 9.28. The van der Waals surface area contributed by atoms with Crippen molar-refractivity contribution in [2.45, 2.75) is 56.0 Å². The number of hydrogen-bond acceptors (Lipinski definition) is 6. The summed E-state index contributed by atoms with van der Waals surface area (Å²) in [7, 11) is -4.19. The zero-order chi connectivity index (χ0) is 31.6. The van der Waals surface area contributed by atoms with Crippen molar-refractivity contribution in [2.24, 2.45) is 0 Å². The van der Waals surface area contributed by atoms with Gasteiger partial charge >= 0.3 is 0 Å². The molecule has 0 heterocycles. The van der Waals surface area contributed by atoms with Gasteiger partial charge in [-0.1, -0.05) is 42.6 Å². The van der Waals surface area contributed by atoms with Crippen LogP contribution in [0.5, 0.6) is 5.75 Å². The lowest BCUT2D eigenvalue weighted by molar-refractivity contribution is -0.139. The lowest BCUT2D eigenvalue weighted by Crippen LogP contribution is -2.51. The molecular formula is C31H37Cl2N3O5S2. The van der Waals surface area contributed by atoms with Crippen molar-refractivity contribution in [1.82, 2.24) is 10.2 Å². The molecule has 0 aliphatic carbocycles. The Kier molecular flexibility index (Phi) is 13.1. The molecule has 0 saturated carbocycles. The molecule has 2 amide bonds. The number of sulfonamides is 1. The number of nitrogens with zero attached hydrogens (tertiary/aromatic N) is 2. The molecule has 3 aromatic carbocycles. The number of amides is 2. The zero-order valence-corrected chi connectivity index (χ0v) is 27.8. The molecule has 0 spiro atoms. The summed E-state index contributed by atoms with van der Waals surface area (Å²) in [5.74, 6) is -0.368. The average molecular weight is 667 g/mol. The molecule has 12 heteroatoms. The number of unbranched alkanes of at least 4 members (excludes halogenated alkanes) is 1. The first-order chi connectivity index (χ1) is 20.5. The molecule has 1 N–H and O–H groups in total. The Balaban J connectivity index is 2.03. The van der Waals surface area contributed by atoms with Crippen LogP contribution in [0.3, 0.4) is 0 Å². The highest BCUT2D eigenvalue weighted by atomic mass is 35.5. The summed E-state index contributed by atoms with van der Waals surface area (Å²) in [6.45, 7) is 5.79. The molecule has 0 bridgehead atoms. The summed E-state index contributed by atoms with van der Waals surface area (Å²) < 4.78 is 34.6. The number of benzene rings is 3. The van der Waals surface area contributed by atoms with E-state index in [2.05, 4.69) is 5.32 Å². The predicted molar refractivity (Wildman–Crippen MR) is 175 cm³/mol. The summed E-state index contributed by atoms with van der Waals surface area (Å²) in [5.41, 5.74) is 0.839. The van der Waals surface area contributed by atoms with Gasteiger partial charge < -0.3 is 15.0 Å². The summed E-state index contributed by atoms with van der Waals surface area (Å²) in [6, 6.07) is 16.9. The van der Waals surface area contributed by atoms with Crippen molar-refractivity contribution in [2.75, 3.05) is 30.3 Å². The molecule has 232 valence electrons. The van der Waals surface area contributed by atoms with Crippen molar-refractivity contribution in [3.05, 3.63) is 82.3 Å². The second kappa shape index (κ2) is 16.2. The fourth-order valence-corrected chi connectivity index (χ4v) is 6.52. The van der Waals surface area contributed by atoms with E-state index < -0.39 is 28.5 Å². The number of thioether (sulfide) groups is 1. The first-order valence-corrected chi connectivity index (χ1v) is 17.3. The molecular weight excluding hydrogens is 629 g/mol. The Bertz CT molecular complexity index is 1490. The normalized spacial score (nSPS) is 12.0. The van der Waals surface area contributed by atoms with E-state index in [9.17, 15) is 18.0 Å². The van der Waals surface area contributed by atoms with Crippen LogP contribution in [0.25, 0.3) is 0 Å². The van der Waals surface area contributed by atoms with Gasteiger partial charge in [-0.15, -0.1) is 11.8 Å². The highest BCUT2D eigenvalue weighted by Gasteiger charge is 2.33. The number of carbonyl (C=O) groups excluding carboxylic acids is 2. The summed E-state index contributed by atoms with van der Waals surface area (Å²) >= 11 is 14.0. The molecule has 0 aliphatic rings. The second-order valence-corrected chi connectivity index (χ2v) is 13.3.